The molecule has 0 spiro atoms. The maximum Gasteiger partial charge on any atom is 0.0889 e. The van der Waals surface area contributed by atoms with E-state index in [2.05, 4.69) is 49.1 Å². The van der Waals surface area contributed by atoms with Gasteiger partial charge < -0.3 is 10.6 Å². The first-order valence-corrected chi connectivity index (χ1v) is 8.16. The molecule has 1 aromatic carbocycles. The van der Waals surface area contributed by atoms with Gasteiger partial charge in [0, 0.05) is 13.1 Å². The van der Waals surface area contributed by atoms with Gasteiger partial charge in [0.1, 0.15) is 0 Å². The van der Waals surface area contributed by atoms with Crippen molar-refractivity contribution in [3.63, 3.8) is 0 Å². The van der Waals surface area contributed by atoms with Crippen LogP contribution in [0, 0.1) is 5.92 Å². The van der Waals surface area contributed by atoms with E-state index in [9.17, 15) is 0 Å². The molecule has 0 aromatic heterocycles. The summed E-state index contributed by atoms with van der Waals surface area (Å²) in [5, 5.41) is 0. The number of nitrogens with two attached hydrogens (primary N) is 1. The number of benzene rings is 1. The van der Waals surface area contributed by atoms with Crippen molar-refractivity contribution in [2.75, 3.05) is 19.6 Å². The molecule has 1 aliphatic rings. The highest BCUT2D eigenvalue weighted by atomic mass is 32.1. The van der Waals surface area contributed by atoms with Crippen molar-refractivity contribution in [1.82, 2.24) is 4.90 Å². The van der Waals surface area contributed by atoms with Crippen LogP contribution in [0.25, 0.3) is 0 Å². The lowest BCUT2D eigenvalue weighted by atomic mass is 9.92. The molecule has 1 fully saturated rings. The van der Waals surface area contributed by atoms with Gasteiger partial charge in [-0.3, -0.25) is 0 Å². The van der Waals surface area contributed by atoms with Gasteiger partial charge in [0.05, 0.1) is 10.4 Å². The molecule has 3 heteroatoms. The molecule has 0 saturated heterocycles. The molecular weight excluding hydrogens is 264 g/mol. The van der Waals surface area contributed by atoms with Gasteiger partial charge in [-0.15, -0.1) is 0 Å². The zero-order chi connectivity index (χ0) is 15.2. The molecule has 1 saturated carbocycles. The third-order valence-corrected chi connectivity index (χ3v) is 4.73. The Morgan fingerprint density at radius 1 is 1.25 bits per heavy atom. The predicted molar refractivity (Wildman–Crippen MR) is 92.1 cm³/mol. The lowest BCUT2D eigenvalue weighted by Crippen LogP contribution is -2.39. The van der Waals surface area contributed by atoms with Gasteiger partial charge in [-0.1, -0.05) is 56.4 Å². The Morgan fingerprint density at radius 3 is 2.20 bits per heavy atom. The van der Waals surface area contributed by atoms with E-state index in [-0.39, 0.29) is 5.41 Å². The minimum absolute atomic E-state index is 0.0252. The molecule has 2 atom stereocenters. The van der Waals surface area contributed by atoms with Crippen LogP contribution in [0.15, 0.2) is 30.3 Å². The van der Waals surface area contributed by atoms with Crippen molar-refractivity contribution in [2.24, 2.45) is 11.7 Å². The minimum Gasteiger partial charge on any atom is -0.366 e. The Labute approximate surface area is 129 Å². The van der Waals surface area contributed by atoms with Gasteiger partial charge in [-0.2, -0.15) is 0 Å². The van der Waals surface area contributed by atoms with E-state index >= 15 is 0 Å². The van der Waals surface area contributed by atoms with Crippen molar-refractivity contribution in [3.8, 4) is 0 Å². The molecule has 0 radical (unpaired) electrons. The number of thiocarbonyl (C=S) groups is 1. The van der Waals surface area contributed by atoms with Gasteiger partial charge in [-0.25, -0.2) is 0 Å². The molecule has 0 bridgehead atoms. The molecule has 1 aliphatic carbocycles. The topological polar surface area (TPSA) is 29.3 Å². The Kier molecular flexibility index (Phi) is 6.63. The zero-order valence-electron chi connectivity index (χ0n) is 13.2. The molecule has 20 heavy (non-hydrogen) atoms. The van der Waals surface area contributed by atoms with Crippen LogP contribution in [0.4, 0.5) is 0 Å². The number of likely N-dealkylation sites (N-methyl/N-ethyl adjacent to an activating group) is 1. The van der Waals surface area contributed by atoms with E-state index in [0.29, 0.717) is 5.92 Å². The van der Waals surface area contributed by atoms with E-state index in [1.54, 1.807) is 0 Å². The Balaban J connectivity index is 0.000000956. The molecule has 2 N–H and O–H groups in total. The van der Waals surface area contributed by atoms with Gasteiger partial charge in [0.2, 0.25) is 0 Å². The molecular formula is C17H28N2S. The number of hydrogen-bond acceptors (Lipinski definition) is 2. The summed E-state index contributed by atoms with van der Waals surface area (Å²) in [6, 6.07) is 10.6. The van der Waals surface area contributed by atoms with Crippen molar-refractivity contribution in [1.29, 1.82) is 0 Å². The quantitative estimate of drug-likeness (QED) is 0.841. The first kappa shape index (κ1) is 17.1. The Bertz CT molecular complexity index is 414. The highest BCUT2D eigenvalue weighted by Crippen LogP contribution is 2.55. The summed E-state index contributed by atoms with van der Waals surface area (Å²) >= 11 is 5.77. The van der Waals surface area contributed by atoms with Gasteiger partial charge in [-0.05, 0) is 38.3 Å². The fourth-order valence-electron chi connectivity index (χ4n) is 2.88. The summed E-state index contributed by atoms with van der Waals surface area (Å²) in [4.78, 5) is 3.37. The molecule has 112 valence electrons. The van der Waals surface area contributed by atoms with E-state index in [4.69, 9.17) is 18.0 Å². The van der Waals surface area contributed by atoms with E-state index < -0.39 is 0 Å². The summed E-state index contributed by atoms with van der Waals surface area (Å²) in [5.74, 6) is 0.507. The first-order valence-electron chi connectivity index (χ1n) is 7.75. The molecule has 0 aliphatic heterocycles. The van der Waals surface area contributed by atoms with Gasteiger partial charge in [0.25, 0.3) is 0 Å². The number of rotatable bonds is 5. The highest BCUT2D eigenvalue weighted by Gasteiger charge is 2.58. The summed E-state index contributed by atoms with van der Waals surface area (Å²) in [6.45, 7) is 11.0. The Hall–Kier alpha value is -0.930. The van der Waals surface area contributed by atoms with Gasteiger partial charge in [0.15, 0.2) is 0 Å². The van der Waals surface area contributed by atoms with E-state index in [1.807, 2.05) is 13.8 Å². The normalized spacial score (nSPS) is 23.6. The molecule has 2 rings (SSSR count). The second-order valence-corrected chi connectivity index (χ2v) is 5.34. The lowest BCUT2D eigenvalue weighted by molar-refractivity contribution is 0.450. The maximum absolute atomic E-state index is 5.89. The monoisotopic (exact) mass is 292 g/mol. The smallest absolute Gasteiger partial charge is 0.0889 e. The van der Waals surface area contributed by atoms with Crippen molar-refractivity contribution in [2.45, 2.75) is 39.5 Å². The van der Waals surface area contributed by atoms with Crippen LogP contribution < -0.4 is 5.73 Å². The summed E-state index contributed by atoms with van der Waals surface area (Å²) in [7, 11) is 0. The van der Waals surface area contributed by atoms with Crippen LogP contribution >= 0.6 is 12.2 Å². The lowest BCUT2D eigenvalue weighted by Gasteiger charge is -2.29. The SMILES string of the molecule is CC.CCN(CC)C(=S)C1(c2ccccc2)CC1CN. The molecule has 0 heterocycles. The van der Waals surface area contributed by atoms with E-state index in [0.717, 1.165) is 31.0 Å². The predicted octanol–water partition coefficient (Wildman–Crippen LogP) is 3.60. The molecule has 2 nitrogen and oxygen atoms in total. The fraction of sp³-hybridized carbons (Fsp3) is 0.588. The van der Waals surface area contributed by atoms with Crippen LogP contribution in [0.1, 0.15) is 39.7 Å². The van der Waals surface area contributed by atoms with Crippen LogP contribution in [0.3, 0.4) is 0 Å². The molecule has 2 unspecified atom stereocenters. The maximum atomic E-state index is 5.89. The molecule has 0 amide bonds. The first-order chi connectivity index (χ1) is 9.70. The minimum atomic E-state index is 0.0252. The van der Waals surface area contributed by atoms with Crippen LogP contribution in [-0.4, -0.2) is 29.5 Å². The molecule has 1 aromatic rings. The zero-order valence-corrected chi connectivity index (χ0v) is 14.0. The highest BCUT2D eigenvalue weighted by molar-refractivity contribution is 7.80. The van der Waals surface area contributed by atoms with Crippen LogP contribution in [0.2, 0.25) is 0 Å². The number of hydrogen-bond donors (Lipinski definition) is 1. The summed E-state index contributed by atoms with van der Waals surface area (Å²) in [6.07, 6.45) is 1.10. The van der Waals surface area contributed by atoms with Gasteiger partial charge >= 0.3 is 0 Å². The average Bonchev–Trinajstić information content (AvgIpc) is 3.27. The third-order valence-electron chi connectivity index (χ3n) is 4.11. The summed E-state index contributed by atoms with van der Waals surface area (Å²) < 4.78 is 0. The van der Waals surface area contributed by atoms with Crippen molar-refractivity contribution < 1.29 is 0 Å². The van der Waals surface area contributed by atoms with E-state index in [1.165, 1.54) is 5.56 Å². The largest absolute Gasteiger partial charge is 0.366 e. The third kappa shape index (κ3) is 3.04. The van der Waals surface area contributed by atoms with Crippen LogP contribution in [-0.2, 0) is 5.41 Å². The van der Waals surface area contributed by atoms with Crippen LogP contribution in [0.5, 0.6) is 0 Å². The second kappa shape index (κ2) is 7.75. The van der Waals surface area contributed by atoms with Crippen molar-refractivity contribution in [3.05, 3.63) is 35.9 Å². The average molecular weight is 292 g/mol. The number of nitrogens with zero attached hydrogens (tertiary/aromatic N) is 1. The second-order valence-electron chi connectivity index (χ2n) is 4.95. The fourth-order valence-corrected chi connectivity index (χ4v) is 3.51. The summed E-state index contributed by atoms with van der Waals surface area (Å²) in [5.41, 5.74) is 7.25. The standard InChI is InChI=1S/C15H22N2S.C2H6/c1-3-17(4-2)14(18)15(10-13(15)11-16)12-8-6-5-7-9-12;1-2/h5-9,13H,3-4,10-11,16H2,1-2H3;1-2H3. The van der Waals surface area contributed by atoms with Crippen molar-refractivity contribution >= 4 is 17.2 Å². The Morgan fingerprint density at radius 2 is 1.80 bits per heavy atom.